The highest BCUT2D eigenvalue weighted by molar-refractivity contribution is 6.42. The molecule has 6 heteroatoms. The number of hydrogen-bond donors (Lipinski definition) is 1. The molecule has 0 radical (unpaired) electrons. The minimum atomic E-state index is -0.372. The number of rotatable bonds is 10. The van der Waals surface area contributed by atoms with E-state index in [1.54, 1.807) is 24.3 Å². The van der Waals surface area contributed by atoms with Crippen molar-refractivity contribution >= 4 is 29.1 Å². The molecule has 0 bridgehead atoms. The third-order valence-corrected chi connectivity index (χ3v) is 5.25. The van der Waals surface area contributed by atoms with Crippen molar-refractivity contribution in [1.82, 2.24) is 9.96 Å². The minimum absolute atomic E-state index is 0.0560. The Morgan fingerprint density at radius 1 is 1.14 bits per heavy atom. The highest BCUT2D eigenvalue weighted by Gasteiger charge is 2.23. The first-order chi connectivity index (χ1) is 13.4. The molecule has 0 fully saturated rings. The molecule has 2 rings (SSSR count). The highest BCUT2D eigenvalue weighted by Crippen LogP contribution is 2.23. The van der Waals surface area contributed by atoms with Crippen molar-refractivity contribution in [3.05, 3.63) is 82.4 Å². The Bertz CT molecular complexity index is 783. The molecule has 0 saturated carbocycles. The van der Waals surface area contributed by atoms with Crippen LogP contribution in [0.4, 0.5) is 0 Å². The average Bonchev–Trinajstić information content (AvgIpc) is 2.68. The largest absolute Gasteiger partial charge is 0.301 e. The molecular formula is C22H26Cl2N2O2. The Kier molecular flexibility index (Phi) is 9.00. The lowest BCUT2D eigenvalue weighted by molar-refractivity contribution is -0.177. The van der Waals surface area contributed by atoms with E-state index < -0.39 is 0 Å². The summed E-state index contributed by atoms with van der Waals surface area (Å²) in [4.78, 5) is 14.7. The first-order valence-corrected chi connectivity index (χ1v) is 9.94. The number of likely N-dealkylation sites (N-methyl/N-ethyl adjacent to an activating group) is 1. The molecule has 2 aromatic rings. The third kappa shape index (κ3) is 6.95. The summed E-state index contributed by atoms with van der Waals surface area (Å²) in [5.74, 6) is -0.372. The molecule has 0 aromatic heterocycles. The molecule has 2 aromatic carbocycles. The molecule has 1 unspecified atom stereocenters. The van der Waals surface area contributed by atoms with Crippen LogP contribution in [-0.4, -0.2) is 47.3 Å². The van der Waals surface area contributed by atoms with Gasteiger partial charge in [-0.1, -0.05) is 65.7 Å². The Hall–Kier alpha value is -1.85. The molecule has 0 spiro atoms. The van der Waals surface area contributed by atoms with Crippen molar-refractivity contribution in [2.45, 2.75) is 25.3 Å². The van der Waals surface area contributed by atoms with Gasteiger partial charge in [0, 0.05) is 13.1 Å². The predicted molar refractivity (Wildman–Crippen MR) is 115 cm³/mol. The average molecular weight is 421 g/mol. The summed E-state index contributed by atoms with van der Waals surface area (Å²) in [5.41, 5.74) is 1.88. The second kappa shape index (κ2) is 11.2. The fourth-order valence-electron chi connectivity index (χ4n) is 3.03. The lowest BCUT2D eigenvalue weighted by atomic mass is 10.0. The second-order valence-corrected chi connectivity index (χ2v) is 7.67. The number of amides is 1. The quantitative estimate of drug-likeness (QED) is 0.338. The topological polar surface area (TPSA) is 43.8 Å². The molecule has 1 amide bonds. The summed E-state index contributed by atoms with van der Waals surface area (Å²) >= 11 is 12.0. The maximum Gasteiger partial charge on any atom is 0.250 e. The summed E-state index contributed by atoms with van der Waals surface area (Å²) in [6.07, 6.45) is 3.27. The molecule has 1 atom stereocenters. The molecule has 150 valence electrons. The molecule has 0 aliphatic carbocycles. The summed E-state index contributed by atoms with van der Waals surface area (Å²) in [7, 11) is 1.94. The second-order valence-electron chi connectivity index (χ2n) is 6.85. The van der Waals surface area contributed by atoms with Gasteiger partial charge in [-0.25, -0.2) is 5.06 Å². The van der Waals surface area contributed by atoms with E-state index in [9.17, 15) is 10.0 Å². The maximum atomic E-state index is 12.7. The van der Waals surface area contributed by atoms with Crippen molar-refractivity contribution in [3.8, 4) is 0 Å². The minimum Gasteiger partial charge on any atom is -0.301 e. The number of carbonyl (C=O) groups is 1. The maximum absolute atomic E-state index is 12.7. The summed E-state index contributed by atoms with van der Waals surface area (Å²) in [6.45, 7) is 4.97. The number of halogens is 2. The molecule has 1 N–H and O–H groups in total. The van der Waals surface area contributed by atoms with E-state index in [1.807, 2.05) is 42.3 Å². The van der Waals surface area contributed by atoms with Crippen LogP contribution in [0, 0.1) is 0 Å². The van der Waals surface area contributed by atoms with Crippen LogP contribution in [0.3, 0.4) is 0 Å². The van der Waals surface area contributed by atoms with E-state index in [-0.39, 0.29) is 18.4 Å². The van der Waals surface area contributed by atoms with Crippen molar-refractivity contribution < 1.29 is 10.0 Å². The van der Waals surface area contributed by atoms with E-state index >= 15 is 0 Å². The number of hydroxylamine groups is 2. The van der Waals surface area contributed by atoms with Gasteiger partial charge in [-0.3, -0.25) is 10.0 Å². The fourth-order valence-corrected chi connectivity index (χ4v) is 3.35. The van der Waals surface area contributed by atoms with Gasteiger partial charge in [-0.05, 0) is 43.1 Å². The molecule has 0 aliphatic rings. The van der Waals surface area contributed by atoms with Gasteiger partial charge in [0.25, 0.3) is 5.91 Å². The van der Waals surface area contributed by atoms with Gasteiger partial charge in [0.2, 0.25) is 0 Å². The number of carbonyl (C=O) groups excluding carboxylic acids is 1. The molecule has 0 saturated heterocycles. The Balaban J connectivity index is 2.06. The van der Waals surface area contributed by atoms with E-state index in [1.165, 1.54) is 5.56 Å². The summed E-state index contributed by atoms with van der Waals surface area (Å²) in [6, 6.07) is 14.7. The van der Waals surface area contributed by atoms with Crippen LogP contribution in [0.1, 0.15) is 17.5 Å². The Labute approximate surface area is 176 Å². The Morgan fingerprint density at radius 2 is 1.86 bits per heavy atom. The van der Waals surface area contributed by atoms with E-state index in [0.717, 1.165) is 11.5 Å². The number of benzene rings is 2. The van der Waals surface area contributed by atoms with Crippen molar-refractivity contribution in [3.63, 3.8) is 0 Å². The summed E-state index contributed by atoms with van der Waals surface area (Å²) in [5, 5.41) is 12.3. The summed E-state index contributed by atoms with van der Waals surface area (Å²) < 4.78 is 0. The standard InChI is InChI=1S/C22H26Cl2N2O2/c1-3-13-25(2)16-19(11-9-17-7-5-4-6-8-17)26(28)22(27)15-18-10-12-20(23)21(24)14-18/h3-8,10,12,14,19,28H,1,9,11,13,15-16H2,2H3. The predicted octanol–water partition coefficient (Wildman–Crippen LogP) is 4.87. The number of aryl methyl sites for hydroxylation is 1. The van der Waals surface area contributed by atoms with Crippen LogP contribution in [0.25, 0.3) is 0 Å². The van der Waals surface area contributed by atoms with Crippen LogP contribution in [0.2, 0.25) is 10.0 Å². The van der Waals surface area contributed by atoms with E-state index in [0.29, 0.717) is 35.1 Å². The van der Waals surface area contributed by atoms with Crippen LogP contribution < -0.4 is 0 Å². The van der Waals surface area contributed by atoms with Crippen LogP contribution in [0.15, 0.2) is 61.2 Å². The van der Waals surface area contributed by atoms with Crippen molar-refractivity contribution in [2.24, 2.45) is 0 Å². The monoisotopic (exact) mass is 420 g/mol. The van der Waals surface area contributed by atoms with Gasteiger partial charge in [0.15, 0.2) is 0 Å². The normalized spacial score (nSPS) is 12.0. The van der Waals surface area contributed by atoms with Crippen LogP contribution >= 0.6 is 23.2 Å². The van der Waals surface area contributed by atoms with Gasteiger partial charge < -0.3 is 4.90 Å². The third-order valence-electron chi connectivity index (χ3n) is 4.51. The molecular weight excluding hydrogens is 395 g/mol. The number of hydrogen-bond acceptors (Lipinski definition) is 3. The first-order valence-electron chi connectivity index (χ1n) is 9.19. The zero-order valence-corrected chi connectivity index (χ0v) is 17.5. The lowest BCUT2D eigenvalue weighted by Crippen LogP contribution is -2.45. The van der Waals surface area contributed by atoms with Gasteiger partial charge >= 0.3 is 0 Å². The number of nitrogens with zero attached hydrogens (tertiary/aromatic N) is 2. The smallest absolute Gasteiger partial charge is 0.250 e. The van der Waals surface area contributed by atoms with Gasteiger partial charge in [-0.15, -0.1) is 6.58 Å². The zero-order chi connectivity index (χ0) is 20.5. The molecule has 28 heavy (non-hydrogen) atoms. The van der Waals surface area contributed by atoms with Gasteiger partial charge in [0.1, 0.15) is 0 Å². The van der Waals surface area contributed by atoms with Crippen molar-refractivity contribution in [1.29, 1.82) is 0 Å². The van der Waals surface area contributed by atoms with Gasteiger partial charge in [0.05, 0.1) is 22.5 Å². The first kappa shape index (κ1) is 22.4. The fraction of sp³-hybridized carbons (Fsp3) is 0.318. The SMILES string of the molecule is C=CCN(C)CC(CCc1ccccc1)N(O)C(=O)Cc1ccc(Cl)c(Cl)c1. The Morgan fingerprint density at radius 3 is 2.50 bits per heavy atom. The molecule has 4 nitrogen and oxygen atoms in total. The zero-order valence-electron chi connectivity index (χ0n) is 16.0. The lowest BCUT2D eigenvalue weighted by Gasteiger charge is -2.30. The van der Waals surface area contributed by atoms with E-state index in [2.05, 4.69) is 6.58 Å². The van der Waals surface area contributed by atoms with E-state index in [4.69, 9.17) is 23.2 Å². The van der Waals surface area contributed by atoms with Crippen LogP contribution in [0.5, 0.6) is 0 Å². The van der Waals surface area contributed by atoms with Gasteiger partial charge in [-0.2, -0.15) is 0 Å². The van der Waals surface area contributed by atoms with Crippen LogP contribution in [-0.2, 0) is 17.6 Å². The molecule has 0 heterocycles. The molecule has 0 aliphatic heterocycles. The highest BCUT2D eigenvalue weighted by atomic mass is 35.5. The van der Waals surface area contributed by atoms with Crippen molar-refractivity contribution in [2.75, 3.05) is 20.1 Å².